The van der Waals surface area contributed by atoms with E-state index in [9.17, 15) is 14.4 Å². The number of nitrogens with zero attached hydrogens (tertiary/aromatic N) is 4. The number of amides is 2. The topological polar surface area (TPSA) is 92.7 Å². The number of aromatic nitrogens is 2. The first-order valence-electron chi connectivity index (χ1n) is 9.40. The predicted molar refractivity (Wildman–Crippen MR) is 104 cm³/mol. The molecule has 0 aliphatic carbocycles. The highest BCUT2D eigenvalue weighted by atomic mass is 16.5. The van der Waals surface area contributed by atoms with Gasteiger partial charge in [-0.15, -0.1) is 0 Å². The van der Waals surface area contributed by atoms with Crippen molar-refractivity contribution in [3.63, 3.8) is 0 Å². The zero-order valence-corrected chi connectivity index (χ0v) is 17.2. The fourth-order valence-electron chi connectivity index (χ4n) is 3.27. The van der Waals surface area contributed by atoms with E-state index in [1.807, 2.05) is 20.8 Å². The summed E-state index contributed by atoms with van der Waals surface area (Å²) in [5.74, 6) is -0.627. The van der Waals surface area contributed by atoms with Crippen molar-refractivity contribution in [2.45, 2.75) is 40.7 Å². The van der Waals surface area contributed by atoms with Crippen LogP contribution in [0.2, 0.25) is 0 Å². The van der Waals surface area contributed by atoms with Crippen molar-refractivity contribution in [2.24, 2.45) is 5.92 Å². The van der Waals surface area contributed by atoms with Gasteiger partial charge in [0.2, 0.25) is 5.91 Å². The van der Waals surface area contributed by atoms with Crippen LogP contribution in [0.5, 0.6) is 0 Å². The molecule has 2 rings (SSSR count). The number of carbonyl (C=O) groups excluding carboxylic acids is 3. The lowest BCUT2D eigenvalue weighted by Gasteiger charge is -2.40. The molecule has 0 bridgehead atoms. The van der Waals surface area contributed by atoms with Crippen LogP contribution in [-0.4, -0.2) is 69.8 Å². The van der Waals surface area contributed by atoms with Crippen molar-refractivity contribution >= 4 is 17.8 Å². The van der Waals surface area contributed by atoms with Gasteiger partial charge in [0.05, 0.1) is 5.69 Å². The normalized spacial score (nSPS) is 16.9. The third-order valence-corrected chi connectivity index (χ3v) is 4.63. The van der Waals surface area contributed by atoms with Crippen LogP contribution in [0, 0.1) is 19.8 Å². The first kappa shape index (κ1) is 21.5. The van der Waals surface area contributed by atoms with Gasteiger partial charge in [0.25, 0.3) is 5.91 Å². The molecule has 0 aromatic carbocycles. The summed E-state index contributed by atoms with van der Waals surface area (Å²) in [7, 11) is 0. The molecule has 8 heteroatoms. The average Bonchev–Trinajstić information content (AvgIpc) is 2.64. The standard InChI is InChI=1S/C20H28N4O4/c1-7-10-28-20(27)16-14(5)21-15(6)22-17(16)19(26)23-8-9-24(13(4)11-23)18(25)12(2)3/h7,12-13H,1,8-11H2,2-6H3. The van der Waals surface area contributed by atoms with Crippen LogP contribution in [0.15, 0.2) is 12.7 Å². The maximum atomic E-state index is 13.2. The predicted octanol–water partition coefficient (Wildman–Crippen LogP) is 1.77. The molecule has 152 valence electrons. The molecule has 1 atom stereocenters. The van der Waals surface area contributed by atoms with Crippen LogP contribution in [0.4, 0.5) is 0 Å². The van der Waals surface area contributed by atoms with Gasteiger partial charge in [-0.2, -0.15) is 0 Å². The van der Waals surface area contributed by atoms with Crippen LogP contribution in [0.25, 0.3) is 0 Å². The number of hydrogen-bond acceptors (Lipinski definition) is 6. The van der Waals surface area contributed by atoms with Gasteiger partial charge >= 0.3 is 5.97 Å². The number of carbonyl (C=O) groups is 3. The van der Waals surface area contributed by atoms with Crippen molar-refractivity contribution in [3.05, 3.63) is 35.4 Å². The van der Waals surface area contributed by atoms with E-state index in [0.29, 0.717) is 31.2 Å². The Kier molecular flexibility index (Phi) is 6.88. The van der Waals surface area contributed by atoms with E-state index in [-0.39, 0.29) is 41.6 Å². The first-order valence-corrected chi connectivity index (χ1v) is 9.40. The van der Waals surface area contributed by atoms with E-state index in [1.54, 1.807) is 23.6 Å². The Labute approximate surface area is 165 Å². The molecule has 8 nitrogen and oxygen atoms in total. The number of esters is 1. The Balaban J connectivity index is 2.28. The molecule has 0 N–H and O–H groups in total. The van der Waals surface area contributed by atoms with Gasteiger partial charge in [-0.25, -0.2) is 14.8 Å². The summed E-state index contributed by atoms with van der Waals surface area (Å²) < 4.78 is 5.11. The molecule has 1 saturated heterocycles. The minimum absolute atomic E-state index is 0.0345. The van der Waals surface area contributed by atoms with Crippen LogP contribution in [0.3, 0.4) is 0 Å². The molecule has 1 unspecified atom stereocenters. The summed E-state index contributed by atoms with van der Waals surface area (Å²) in [5.41, 5.74) is 0.507. The Morgan fingerprint density at radius 3 is 2.50 bits per heavy atom. The number of aryl methyl sites for hydroxylation is 2. The molecule has 0 saturated carbocycles. The minimum Gasteiger partial charge on any atom is -0.458 e. The third-order valence-electron chi connectivity index (χ3n) is 4.63. The zero-order valence-electron chi connectivity index (χ0n) is 17.2. The Morgan fingerprint density at radius 2 is 1.93 bits per heavy atom. The molecule has 1 aromatic heterocycles. The number of piperazine rings is 1. The lowest BCUT2D eigenvalue weighted by atomic mass is 10.1. The molecule has 0 radical (unpaired) electrons. The summed E-state index contributed by atoms with van der Waals surface area (Å²) in [5, 5.41) is 0. The summed E-state index contributed by atoms with van der Waals surface area (Å²) in [6.07, 6.45) is 1.45. The quantitative estimate of drug-likeness (QED) is 0.564. The summed E-state index contributed by atoms with van der Waals surface area (Å²) in [6.45, 7) is 13.7. The first-order chi connectivity index (χ1) is 13.2. The maximum Gasteiger partial charge on any atom is 0.342 e. The molecule has 2 heterocycles. The van der Waals surface area contributed by atoms with Crippen LogP contribution in [0.1, 0.15) is 53.1 Å². The van der Waals surface area contributed by atoms with E-state index in [2.05, 4.69) is 16.5 Å². The Morgan fingerprint density at radius 1 is 1.25 bits per heavy atom. The monoisotopic (exact) mass is 388 g/mol. The van der Waals surface area contributed by atoms with Crippen molar-refractivity contribution in [3.8, 4) is 0 Å². The van der Waals surface area contributed by atoms with Crippen LogP contribution in [-0.2, 0) is 9.53 Å². The van der Waals surface area contributed by atoms with Crippen molar-refractivity contribution < 1.29 is 19.1 Å². The summed E-state index contributed by atoms with van der Waals surface area (Å²) in [6, 6.07) is -0.118. The lowest BCUT2D eigenvalue weighted by Crippen LogP contribution is -2.56. The molecule has 1 aliphatic rings. The van der Waals surface area contributed by atoms with E-state index >= 15 is 0 Å². The van der Waals surface area contributed by atoms with E-state index in [4.69, 9.17) is 4.74 Å². The van der Waals surface area contributed by atoms with Gasteiger partial charge in [0, 0.05) is 31.6 Å². The zero-order chi connectivity index (χ0) is 21.0. The second-order valence-electron chi connectivity index (χ2n) is 7.25. The molecular weight excluding hydrogens is 360 g/mol. The molecule has 2 amide bonds. The van der Waals surface area contributed by atoms with Crippen LogP contribution < -0.4 is 0 Å². The van der Waals surface area contributed by atoms with Gasteiger partial charge in [-0.05, 0) is 20.8 Å². The Bertz CT molecular complexity index is 791. The highest BCUT2D eigenvalue weighted by Gasteiger charge is 2.34. The highest BCUT2D eigenvalue weighted by Crippen LogP contribution is 2.19. The van der Waals surface area contributed by atoms with E-state index in [0.717, 1.165) is 0 Å². The Hall–Kier alpha value is -2.77. The molecular formula is C20H28N4O4. The van der Waals surface area contributed by atoms with Crippen molar-refractivity contribution in [1.82, 2.24) is 19.8 Å². The fourth-order valence-corrected chi connectivity index (χ4v) is 3.27. The molecule has 0 spiro atoms. The number of rotatable bonds is 5. The van der Waals surface area contributed by atoms with Crippen LogP contribution >= 0.6 is 0 Å². The van der Waals surface area contributed by atoms with Gasteiger partial charge < -0.3 is 14.5 Å². The second-order valence-corrected chi connectivity index (χ2v) is 7.25. The smallest absolute Gasteiger partial charge is 0.342 e. The molecule has 1 aliphatic heterocycles. The summed E-state index contributed by atoms with van der Waals surface area (Å²) in [4.78, 5) is 49.8. The largest absolute Gasteiger partial charge is 0.458 e. The fraction of sp³-hybridized carbons (Fsp3) is 0.550. The van der Waals surface area contributed by atoms with Crippen molar-refractivity contribution in [1.29, 1.82) is 0 Å². The van der Waals surface area contributed by atoms with E-state index < -0.39 is 5.97 Å². The molecule has 1 fully saturated rings. The summed E-state index contributed by atoms with van der Waals surface area (Å²) >= 11 is 0. The second kappa shape index (κ2) is 8.95. The third kappa shape index (κ3) is 4.55. The average molecular weight is 388 g/mol. The number of ether oxygens (including phenoxy) is 1. The lowest BCUT2D eigenvalue weighted by molar-refractivity contribution is -0.138. The van der Waals surface area contributed by atoms with Gasteiger partial charge in [-0.1, -0.05) is 26.5 Å². The highest BCUT2D eigenvalue weighted by molar-refractivity contribution is 6.04. The number of hydrogen-bond donors (Lipinski definition) is 0. The van der Waals surface area contributed by atoms with Gasteiger partial charge in [-0.3, -0.25) is 9.59 Å². The maximum absolute atomic E-state index is 13.2. The minimum atomic E-state index is -0.651. The van der Waals surface area contributed by atoms with Crippen molar-refractivity contribution in [2.75, 3.05) is 26.2 Å². The molecule has 28 heavy (non-hydrogen) atoms. The van der Waals surface area contributed by atoms with Gasteiger partial charge in [0.1, 0.15) is 23.7 Å². The van der Waals surface area contributed by atoms with Gasteiger partial charge in [0.15, 0.2) is 0 Å². The van der Waals surface area contributed by atoms with E-state index in [1.165, 1.54) is 6.08 Å². The SMILES string of the molecule is C=CCOC(=O)c1c(C)nc(C)nc1C(=O)N1CCN(C(=O)C(C)C)C(C)C1. The molecule has 1 aromatic rings.